The average molecular weight is 365 g/mol. The van der Waals surface area contributed by atoms with Gasteiger partial charge < -0.3 is 35.5 Å². The first-order chi connectivity index (χ1) is 11.8. The molecule has 0 aromatic heterocycles. The molecule has 6 N–H and O–H groups in total. The van der Waals surface area contributed by atoms with Crippen LogP contribution in [0.4, 0.5) is 0 Å². The minimum absolute atomic E-state index is 0.443. The van der Waals surface area contributed by atoms with Crippen molar-refractivity contribution in [1.29, 1.82) is 0 Å². The van der Waals surface area contributed by atoms with E-state index in [2.05, 4.69) is 0 Å². The molecule has 0 bridgehead atoms. The molecule has 0 aromatic rings. The molecule has 0 heterocycles. The fraction of sp³-hybridized carbons (Fsp3) is 0.941. The number of carbonyl (C=O) groups is 1. The fourth-order valence-electron chi connectivity index (χ4n) is 2.50. The Bertz CT molecular complexity index is 346. The third kappa shape index (κ3) is 8.44. The molecule has 150 valence electrons. The van der Waals surface area contributed by atoms with Crippen LogP contribution in [0.25, 0.3) is 0 Å². The highest BCUT2D eigenvalue weighted by atomic mass is 16.4. The molecule has 0 aromatic carbocycles. The van der Waals surface area contributed by atoms with Crippen LogP contribution in [-0.2, 0) is 4.79 Å². The van der Waals surface area contributed by atoms with Gasteiger partial charge in [-0.2, -0.15) is 0 Å². The van der Waals surface area contributed by atoms with Gasteiger partial charge in [-0.3, -0.25) is 4.79 Å². The molecule has 0 aliphatic rings. The van der Waals surface area contributed by atoms with Crippen LogP contribution in [-0.4, -0.2) is 91.7 Å². The van der Waals surface area contributed by atoms with Gasteiger partial charge in [-0.1, -0.05) is 39.5 Å². The van der Waals surface area contributed by atoms with Crippen LogP contribution in [0.15, 0.2) is 0 Å². The third-order valence-electron chi connectivity index (χ3n) is 4.23. The standard InChI is InChI=1S/C17H35NO7/c1-3-5-7-9-18(10-8-6-4-2)17(25)16(24)15(23)14(22)13(21)12(20)11-19/h12-16,19-24H,3-11H2,1-2H3. The number of unbranched alkanes of at least 4 members (excludes halogenated alkanes) is 4. The van der Waals surface area contributed by atoms with Gasteiger partial charge >= 0.3 is 0 Å². The molecule has 0 radical (unpaired) electrons. The van der Waals surface area contributed by atoms with Crippen molar-refractivity contribution in [1.82, 2.24) is 4.90 Å². The highest BCUT2D eigenvalue weighted by molar-refractivity contribution is 5.81. The van der Waals surface area contributed by atoms with Crippen LogP contribution in [0, 0.1) is 0 Å². The monoisotopic (exact) mass is 365 g/mol. The number of carbonyl (C=O) groups excluding carboxylic acids is 1. The van der Waals surface area contributed by atoms with E-state index < -0.39 is 43.0 Å². The van der Waals surface area contributed by atoms with Gasteiger partial charge in [-0.25, -0.2) is 0 Å². The smallest absolute Gasteiger partial charge is 0.254 e. The first-order valence-corrected chi connectivity index (χ1v) is 9.11. The van der Waals surface area contributed by atoms with Crippen molar-refractivity contribution in [2.45, 2.75) is 82.9 Å². The van der Waals surface area contributed by atoms with Crippen LogP contribution >= 0.6 is 0 Å². The second-order valence-corrected chi connectivity index (χ2v) is 6.41. The first-order valence-electron chi connectivity index (χ1n) is 9.11. The molecular formula is C17H35NO7. The molecule has 0 aliphatic carbocycles. The number of nitrogens with zero attached hydrogens (tertiary/aromatic N) is 1. The van der Waals surface area contributed by atoms with Gasteiger partial charge in [0, 0.05) is 13.1 Å². The lowest BCUT2D eigenvalue weighted by Crippen LogP contribution is -2.54. The summed E-state index contributed by atoms with van der Waals surface area (Å²) in [5.41, 5.74) is 0. The zero-order chi connectivity index (χ0) is 19.4. The maximum atomic E-state index is 12.5. The highest BCUT2D eigenvalue weighted by Gasteiger charge is 2.38. The van der Waals surface area contributed by atoms with Gasteiger partial charge in [0.25, 0.3) is 5.91 Å². The third-order valence-corrected chi connectivity index (χ3v) is 4.23. The zero-order valence-corrected chi connectivity index (χ0v) is 15.3. The van der Waals surface area contributed by atoms with Gasteiger partial charge in [-0.15, -0.1) is 0 Å². The predicted octanol–water partition coefficient (Wildman–Crippen LogP) is -1.01. The van der Waals surface area contributed by atoms with Gasteiger partial charge in [0.1, 0.15) is 24.4 Å². The van der Waals surface area contributed by atoms with Crippen molar-refractivity contribution in [3.63, 3.8) is 0 Å². The summed E-state index contributed by atoms with van der Waals surface area (Å²) < 4.78 is 0. The Morgan fingerprint density at radius 2 is 1.28 bits per heavy atom. The molecule has 5 atom stereocenters. The molecule has 0 saturated heterocycles. The van der Waals surface area contributed by atoms with E-state index in [9.17, 15) is 30.3 Å². The Morgan fingerprint density at radius 3 is 1.68 bits per heavy atom. The number of amides is 1. The van der Waals surface area contributed by atoms with Gasteiger partial charge in [0.15, 0.2) is 6.10 Å². The maximum absolute atomic E-state index is 12.5. The lowest BCUT2D eigenvalue weighted by atomic mass is 9.98. The van der Waals surface area contributed by atoms with Crippen LogP contribution < -0.4 is 0 Å². The van der Waals surface area contributed by atoms with Crippen molar-refractivity contribution < 1.29 is 35.4 Å². The summed E-state index contributed by atoms with van der Waals surface area (Å²) in [7, 11) is 0. The maximum Gasteiger partial charge on any atom is 0.254 e. The topological polar surface area (TPSA) is 142 Å². The van der Waals surface area contributed by atoms with Gasteiger partial charge in [0.05, 0.1) is 6.61 Å². The Kier molecular flexibility index (Phi) is 13.0. The summed E-state index contributed by atoms with van der Waals surface area (Å²) in [5, 5.41) is 57.6. The van der Waals surface area contributed by atoms with E-state index in [1.165, 1.54) is 4.90 Å². The zero-order valence-electron chi connectivity index (χ0n) is 15.3. The molecule has 5 unspecified atom stereocenters. The SMILES string of the molecule is CCCCCN(CCCCC)C(=O)C(O)C(O)C(O)C(O)C(O)CO. The summed E-state index contributed by atoms with van der Waals surface area (Å²) in [6.45, 7) is 4.13. The van der Waals surface area contributed by atoms with E-state index >= 15 is 0 Å². The lowest BCUT2D eigenvalue weighted by molar-refractivity contribution is -0.164. The Balaban J connectivity index is 4.86. The van der Waals surface area contributed by atoms with Gasteiger partial charge in [-0.05, 0) is 12.8 Å². The molecule has 8 nitrogen and oxygen atoms in total. The predicted molar refractivity (Wildman–Crippen MR) is 92.7 cm³/mol. The minimum Gasteiger partial charge on any atom is -0.394 e. The molecule has 0 rings (SSSR count). The number of hydrogen-bond donors (Lipinski definition) is 6. The summed E-state index contributed by atoms with van der Waals surface area (Å²) in [6, 6.07) is 0. The van der Waals surface area contributed by atoms with Crippen molar-refractivity contribution in [3.05, 3.63) is 0 Å². The molecule has 0 fully saturated rings. The Morgan fingerprint density at radius 1 is 0.800 bits per heavy atom. The van der Waals surface area contributed by atoms with Gasteiger partial charge in [0.2, 0.25) is 0 Å². The van der Waals surface area contributed by atoms with Crippen LogP contribution in [0.5, 0.6) is 0 Å². The number of rotatable bonds is 14. The largest absolute Gasteiger partial charge is 0.394 e. The Labute approximate surface area is 149 Å². The second kappa shape index (κ2) is 13.4. The minimum atomic E-state index is -1.97. The average Bonchev–Trinajstić information content (AvgIpc) is 2.63. The van der Waals surface area contributed by atoms with Crippen molar-refractivity contribution in [3.8, 4) is 0 Å². The summed E-state index contributed by atoms with van der Waals surface area (Å²) >= 11 is 0. The van der Waals surface area contributed by atoms with E-state index in [0.29, 0.717) is 13.1 Å². The molecule has 1 amide bonds. The summed E-state index contributed by atoms with van der Waals surface area (Å²) in [5.74, 6) is -0.718. The first kappa shape index (κ1) is 24.2. The molecule has 0 spiro atoms. The number of aliphatic hydroxyl groups is 6. The van der Waals surface area contributed by atoms with Crippen molar-refractivity contribution in [2.75, 3.05) is 19.7 Å². The van der Waals surface area contributed by atoms with E-state index in [1.807, 2.05) is 13.8 Å². The van der Waals surface area contributed by atoms with E-state index in [-0.39, 0.29) is 0 Å². The highest BCUT2D eigenvalue weighted by Crippen LogP contribution is 2.12. The van der Waals surface area contributed by atoms with Crippen LogP contribution in [0.3, 0.4) is 0 Å². The number of aliphatic hydroxyl groups excluding tert-OH is 6. The normalized spacial score (nSPS) is 17.6. The van der Waals surface area contributed by atoms with Crippen molar-refractivity contribution >= 4 is 5.91 Å². The fourth-order valence-corrected chi connectivity index (χ4v) is 2.50. The van der Waals surface area contributed by atoms with Crippen LogP contribution in [0.2, 0.25) is 0 Å². The molecule has 25 heavy (non-hydrogen) atoms. The quantitative estimate of drug-likeness (QED) is 0.217. The lowest BCUT2D eigenvalue weighted by Gasteiger charge is -2.31. The number of hydrogen-bond acceptors (Lipinski definition) is 7. The second-order valence-electron chi connectivity index (χ2n) is 6.41. The van der Waals surface area contributed by atoms with E-state index in [0.717, 1.165) is 38.5 Å². The molecular weight excluding hydrogens is 330 g/mol. The van der Waals surface area contributed by atoms with E-state index in [1.54, 1.807) is 0 Å². The molecule has 8 heteroatoms. The van der Waals surface area contributed by atoms with Crippen molar-refractivity contribution in [2.24, 2.45) is 0 Å². The summed E-state index contributed by atoms with van der Waals surface area (Å²) in [6.07, 6.45) is -4.06. The Hall–Kier alpha value is -0.770. The van der Waals surface area contributed by atoms with Crippen LogP contribution in [0.1, 0.15) is 52.4 Å². The molecule has 0 aliphatic heterocycles. The summed E-state index contributed by atoms with van der Waals surface area (Å²) in [4.78, 5) is 13.9. The molecule has 0 saturated carbocycles. The van der Waals surface area contributed by atoms with E-state index in [4.69, 9.17) is 5.11 Å².